The number of pyridine rings is 1. The fourth-order valence-corrected chi connectivity index (χ4v) is 5.73. The van der Waals surface area contributed by atoms with Crippen molar-refractivity contribution in [1.29, 1.82) is 0 Å². The highest BCUT2D eigenvalue weighted by atomic mass is 16.5. The van der Waals surface area contributed by atoms with Gasteiger partial charge in [0.05, 0.1) is 43.6 Å². The molecule has 2 unspecified atom stereocenters. The Bertz CT molecular complexity index is 1390. The zero-order valence-corrected chi connectivity index (χ0v) is 24.5. The summed E-state index contributed by atoms with van der Waals surface area (Å²) in [5.41, 5.74) is 9.81. The summed E-state index contributed by atoms with van der Waals surface area (Å²) in [4.78, 5) is 32.3. The van der Waals surface area contributed by atoms with Gasteiger partial charge in [-0.25, -0.2) is 0 Å². The Morgan fingerprint density at radius 1 is 1.07 bits per heavy atom. The van der Waals surface area contributed by atoms with Crippen LogP contribution in [0, 0.1) is 0 Å². The maximum Gasteiger partial charge on any atom is 0.255 e. The number of carbonyl (C=O) groups is 2. The molecule has 2 fully saturated rings. The van der Waals surface area contributed by atoms with Gasteiger partial charge in [0.1, 0.15) is 18.1 Å². The molecule has 2 saturated heterocycles. The third-order valence-corrected chi connectivity index (χ3v) is 8.05. The molecule has 4 N–H and O–H groups in total. The first-order valence-electron chi connectivity index (χ1n) is 14.9. The lowest BCUT2D eigenvalue weighted by molar-refractivity contribution is -0.00717. The summed E-state index contributed by atoms with van der Waals surface area (Å²) in [7, 11) is 0. The van der Waals surface area contributed by atoms with Crippen LogP contribution in [-0.2, 0) is 24.3 Å². The van der Waals surface area contributed by atoms with Crippen LogP contribution in [0.3, 0.4) is 0 Å². The first-order valence-corrected chi connectivity index (χ1v) is 14.9. The number of aryl methyl sites for hydroxylation is 1. The molecule has 43 heavy (non-hydrogen) atoms. The van der Waals surface area contributed by atoms with Crippen molar-refractivity contribution in [3.8, 4) is 11.5 Å². The molecular formula is C33H40N4O6. The predicted molar refractivity (Wildman–Crippen MR) is 161 cm³/mol. The summed E-state index contributed by atoms with van der Waals surface area (Å²) in [6, 6.07) is 14.7. The minimum atomic E-state index is -0.759. The summed E-state index contributed by atoms with van der Waals surface area (Å²) in [6.45, 7) is 4.15. The molecule has 3 heterocycles. The van der Waals surface area contributed by atoms with Gasteiger partial charge in [0.2, 0.25) is 0 Å². The Balaban J connectivity index is 1.14. The van der Waals surface area contributed by atoms with E-state index in [2.05, 4.69) is 10.3 Å². The molecule has 0 aliphatic carbocycles. The molecule has 0 spiro atoms. The number of rotatable bonds is 13. The van der Waals surface area contributed by atoms with Gasteiger partial charge in [0, 0.05) is 31.0 Å². The number of hydrogen-bond acceptors (Lipinski definition) is 8. The summed E-state index contributed by atoms with van der Waals surface area (Å²) < 4.78 is 17.3. The lowest BCUT2D eigenvalue weighted by Gasteiger charge is -2.34. The summed E-state index contributed by atoms with van der Waals surface area (Å²) in [5.74, 6) is 0.638. The van der Waals surface area contributed by atoms with Crippen LogP contribution in [0.15, 0.2) is 60.9 Å². The first kappa shape index (κ1) is 30.5. The summed E-state index contributed by atoms with van der Waals surface area (Å²) in [6.07, 6.45) is 5.62. The van der Waals surface area contributed by atoms with E-state index in [1.54, 1.807) is 30.6 Å². The van der Waals surface area contributed by atoms with Crippen molar-refractivity contribution >= 4 is 11.8 Å². The summed E-state index contributed by atoms with van der Waals surface area (Å²) in [5, 5.41) is 13.5. The maximum atomic E-state index is 13.3. The number of nitrogens with two attached hydrogens (primary N) is 1. The van der Waals surface area contributed by atoms with Crippen molar-refractivity contribution in [3.05, 3.63) is 88.7 Å². The largest absolute Gasteiger partial charge is 0.493 e. The normalized spacial score (nSPS) is 18.3. The Morgan fingerprint density at radius 3 is 2.56 bits per heavy atom. The van der Waals surface area contributed by atoms with E-state index in [4.69, 9.17) is 19.9 Å². The maximum absolute atomic E-state index is 13.3. The van der Waals surface area contributed by atoms with Crippen molar-refractivity contribution in [2.45, 2.75) is 63.9 Å². The lowest BCUT2D eigenvalue weighted by atomic mass is 10.0. The van der Waals surface area contributed by atoms with Crippen LogP contribution in [0.1, 0.15) is 63.6 Å². The van der Waals surface area contributed by atoms with Gasteiger partial charge in [-0.05, 0) is 91.8 Å². The molecule has 0 saturated carbocycles. The molecule has 2 bridgehead atoms. The van der Waals surface area contributed by atoms with Crippen molar-refractivity contribution in [2.24, 2.45) is 5.73 Å². The average Bonchev–Trinajstić information content (AvgIpc) is 3.29. The van der Waals surface area contributed by atoms with Gasteiger partial charge in [-0.15, -0.1) is 0 Å². The molecule has 2 amide bonds. The smallest absolute Gasteiger partial charge is 0.255 e. The number of nitrogens with zero attached hydrogens (tertiary/aromatic N) is 2. The van der Waals surface area contributed by atoms with Crippen LogP contribution in [0.2, 0.25) is 0 Å². The van der Waals surface area contributed by atoms with Crippen LogP contribution >= 0.6 is 0 Å². The second-order valence-electron chi connectivity index (χ2n) is 11.0. The number of ether oxygens (including phenoxy) is 3. The molecule has 228 valence electrons. The minimum Gasteiger partial charge on any atom is -0.493 e. The highest BCUT2D eigenvalue weighted by Gasteiger charge is 2.40. The van der Waals surface area contributed by atoms with Gasteiger partial charge >= 0.3 is 0 Å². The van der Waals surface area contributed by atoms with E-state index in [0.29, 0.717) is 62.7 Å². The van der Waals surface area contributed by atoms with E-state index >= 15 is 0 Å². The van der Waals surface area contributed by atoms with Gasteiger partial charge in [-0.2, -0.15) is 0 Å². The number of amides is 2. The molecular weight excluding hydrogens is 548 g/mol. The van der Waals surface area contributed by atoms with Crippen molar-refractivity contribution in [1.82, 2.24) is 15.2 Å². The van der Waals surface area contributed by atoms with Gasteiger partial charge in [-0.3, -0.25) is 14.6 Å². The second-order valence-corrected chi connectivity index (χ2v) is 11.0. The fraction of sp³-hybridized carbons (Fsp3) is 0.424. The third-order valence-electron chi connectivity index (χ3n) is 8.05. The number of aliphatic hydroxyl groups is 1. The van der Waals surface area contributed by atoms with E-state index in [9.17, 15) is 14.7 Å². The monoisotopic (exact) mass is 588 g/mol. The molecule has 5 rings (SSSR count). The average molecular weight is 589 g/mol. The van der Waals surface area contributed by atoms with Crippen molar-refractivity contribution < 1.29 is 28.9 Å². The number of fused-ring (bicyclic) bond motifs is 2. The standard InChI is InChI=1S/C33H40N4O6/c1-2-42-31-16-24(33(40)37-26-6-7-27(37)21-41-20-26)5-10-30(31)32(39)36-18-28(38)8-3-23-4-9-29(15-25(23)17-34)43-19-22-11-13-35-14-12-22/h4-5,9-16,26-28,38H,2-3,6-8,17-21,34H2,1H3,(H,36,39)/t26?,27?,28-/m0/s1. The molecule has 2 aliphatic rings. The highest BCUT2D eigenvalue weighted by molar-refractivity contribution is 6.00. The van der Waals surface area contributed by atoms with Gasteiger partial charge in [-0.1, -0.05) is 6.07 Å². The molecule has 1 aromatic heterocycles. The Labute approximate surface area is 252 Å². The Kier molecular flexibility index (Phi) is 10.2. The van der Waals surface area contributed by atoms with E-state index < -0.39 is 6.10 Å². The van der Waals surface area contributed by atoms with Gasteiger partial charge in [0.15, 0.2) is 0 Å². The molecule has 10 nitrogen and oxygen atoms in total. The lowest BCUT2D eigenvalue weighted by Crippen LogP contribution is -2.49. The Hall–Kier alpha value is -3.99. The van der Waals surface area contributed by atoms with Crippen LogP contribution in [-0.4, -0.2) is 71.4 Å². The number of benzene rings is 2. The molecule has 2 aliphatic heterocycles. The highest BCUT2D eigenvalue weighted by Crippen LogP contribution is 2.31. The van der Waals surface area contributed by atoms with Gasteiger partial charge in [0.25, 0.3) is 11.8 Å². The number of aromatic nitrogens is 1. The van der Waals surface area contributed by atoms with Crippen molar-refractivity contribution in [3.63, 3.8) is 0 Å². The number of morpholine rings is 1. The van der Waals surface area contributed by atoms with E-state index in [1.807, 2.05) is 42.2 Å². The predicted octanol–water partition coefficient (Wildman–Crippen LogP) is 3.24. The fourth-order valence-electron chi connectivity index (χ4n) is 5.73. The summed E-state index contributed by atoms with van der Waals surface area (Å²) >= 11 is 0. The van der Waals surface area contributed by atoms with Crippen LogP contribution < -0.4 is 20.5 Å². The number of aliphatic hydroxyl groups excluding tert-OH is 1. The molecule has 3 atom stereocenters. The zero-order chi connectivity index (χ0) is 30.2. The van der Waals surface area contributed by atoms with E-state index in [0.717, 1.165) is 35.3 Å². The SMILES string of the molecule is CCOc1cc(C(=O)N2C3CCC2COC3)ccc1C(=O)NC[C@@H](O)CCc1ccc(OCc2ccncc2)cc1CN. The quantitative estimate of drug-likeness (QED) is 0.277. The van der Waals surface area contributed by atoms with Crippen LogP contribution in [0.25, 0.3) is 0 Å². The zero-order valence-electron chi connectivity index (χ0n) is 24.5. The Morgan fingerprint density at radius 2 is 1.84 bits per heavy atom. The van der Waals surface area contributed by atoms with Crippen LogP contribution in [0.5, 0.6) is 11.5 Å². The third kappa shape index (κ3) is 7.51. The van der Waals surface area contributed by atoms with E-state index in [-0.39, 0.29) is 30.4 Å². The molecule has 10 heteroatoms. The number of nitrogens with one attached hydrogen (secondary N) is 1. The number of hydrogen-bond donors (Lipinski definition) is 3. The second kappa shape index (κ2) is 14.5. The first-order chi connectivity index (χ1) is 21.0. The van der Waals surface area contributed by atoms with Crippen LogP contribution in [0.4, 0.5) is 0 Å². The molecule has 0 radical (unpaired) electrons. The van der Waals surface area contributed by atoms with Crippen molar-refractivity contribution in [2.75, 3.05) is 26.4 Å². The molecule has 3 aromatic rings. The minimum absolute atomic E-state index is 0.0654. The topological polar surface area (TPSA) is 136 Å². The molecule has 2 aromatic carbocycles. The van der Waals surface area contributed by atoms with Gasteiger partial charge < -0.3 is 35.3 Å². The number of carbonyl (C=O) groups excluding carboxylic acids is 2. The van der Waals surface area contributed by atoms with E-state index in [1.165, 1.54) is 0 Å².